The fourth-order valence-electron chi connectivity index (χ4n) is 3.97. The van der Waals surface area contributed by atoms with Crippen LogP contribution in [0.1, 0.15) is 45.7 Å². The average Bonchev–Trinajstić information content (AvgIpc) is 3.39. The number of rotatable bonds is 9. The molecule has 188 valence electrons. The van der Waals surface area contributed by atoms with Crippen molar-refractivity contribution < 1.29 is 24.5 Å². The number of aromatic nitrogens is 5. The summed E-state index contributed by atoms with van der Waals surface area (Å²) >= 11 is 0. The van der Waals surface area contributed by atoms with Crippen LogP contribution in [0, 0.1) is 6.92 Å². The number of aliphatic hydroxyl groups excluding tert-OH is 1. The lowest BCUT2D eigenvalue weighted by Crippen LogP contribution is -2.17. The monoisotopic (exact) mass is 492 g/mol. The normalized spacial score (nSPS) is 11.1. The van der Waals surface area contributed by atoms with Crippen LogP contribution < -0.4 is 5.32 Å². The minimum atomic E-state index is -0.464. The van der Waals surface area contributed by atoms with Gasteiger partial charge in [-0.1, -0.05) is 0 Å². The molecule has 11 nitrogen and oxygen atoms in total. The predicted molar refractivity (Wildman–Crippen MR) is 133 cm³/mol. The number of anilines is 1. The van der Waals surface area contributed by atoms with E-state index in [9.17, 15) is 14.7 Å². The molecule has 3 heterocycles. The summed E-state index contributed by atoms with van der Waals surface area (Å²) in [5, 5.41) is 26.3. The van der Waals surface area contributed by atoms with Gasteiger partial charge in [0.15, 0.2) is 0 Å². The van der Waals surface area contributed by atoms with Gasteiger partial charge in [-0.25, -0.2) is 14.5 Å². The lowest BCUT2D eigenvalue weighted by Gasteiger charge is -2.11. The number of hydrogen-bond donors (Lipinski definition) is 3. The van der Waals surface area contributed by atoms with Gasteiger partial charge in [-0.2, -0.15) is 5.10 Å². The van der Waals surface area contributed by atoms with Crippen molar-refractivity contribution in [2.24, 2.45) is 7.05 Å². The van der Waals surface area contributed by atoms with Gasteiger partial charge in [0.05, 0.1) is 41.2 Å². The number of unbranched alkanes of at least 4 members (excludes halogenated alkanes) is 2. The number of nitrogens with one attached hydrogen (secondary N) is 1. The highest BCUT2D eigenvalue weighted by atomic mass is 16.5. The number of pyridine rings is 1. The zero-order valence-electron chi connectivity index (χ0n) is 20.4. The second-order valence-electron chi connectivity index (χ2n) is 8.41. The fourth-order valence-corrected chi connectivity index (χ4v) is 3.97. The van der Waals surface area contributed by atoms with Gasteiger partial charge in [-0.3, -0.25) is 15.1 Å². The molecule has 3 N–H and O–H groups in total. The van der Waals surface area contributed by atoms with Crippen molar-refractivity contribution in [3.63, 3.8) is 0 Å². The maximum Gasteiger partial charge on any atom is 0.337 e. The Balaban J connectivity index is 1.69. The zero-order chi connectivity index (χ0) is 25.8. The van der Waals surface area contributed by atoms with Crippen LogP contribution in [0.25, 0.3) is 22.3 Å². The van der Waals surface area contributed by atoms with E-state index in [0.29, 0.717) is 58.0 Å². The number of carbonyl (C=O) groups excluding carboxylic acids is 2. The number of ether oxygens (including phenoxy) is 1. The van der Waals surface area contributed by atoms with E-state index >= 15 is 0 Å². The third kappa shape index (κ3) is 5.05. The fraction of sp³-hybridized carbons (Fsp3) is 0.320. The molecule has 0 saturated heterocycles. The SMILES string of the molecule is COC(=O)c1ccc2nc(NC(=O)c3cc(C)nc(-c4cnn(C)c4O)c3)n(CCCCCO)c2c1. The first-order chi connectivity index (χ1) is 17.3. The van der Waals surface area contributed by atoms with Gasteiger partial charge in [0.1, 0.15) is 0 Å². The summed E-state index contributed by atoms with van der Waals surface area (Å²) in [4.78, 5) is 34.4. The van der Waals surface area contributed by atoms with Gasteiger partial charge in [-0.05, 0) is 56.5 Å². The number of esters is 1. The Kier molecular flexibility index (Phi) is 7.30. The number of aryl methyl sites for hydroxylation is 3. The van der Waals surface area contributed by atoms with Crippen LogP contribution in [-0.2, 0) is 18.3 Å². The van der Waals surface area contributed by atoms with Crippen LogP contribution in [0.2, 0.25) is 0 Å². The summed E-state index contributed by atoms with van der Waals surface area (Å²) in [6.45, 7) is 2.40. The molecule has 4 aromatic rings. The summed E-state index contributed by atoms with van der Waals surface area (Å²) in [5.74, 6) is -0.578. The number of benzene rings is 1. The number of amides is 1. The molecular weight excluding hydrogens is 464 g/mol. The van der Waals surface area contributed by atoms with E-state index in [1.807, 2.05) is 4.57 Å². The second-order valence-corrected chi connectivity index (χ2v) is 8.41. The Morgan fingerprint density at radius 3 is 2.58 bits per heavy atom. The Morgan fingerprint density at radius 1 is 1.08 bits per heavy atom. The van der Waals surface area contributed by atoms with Crippen molar-refractivity contribution >= 4 is 28.9 Å². The first-order valence-electron chi connectivity index (χ1n) is 11.5. The summed E-state index contributed by atoms with van der Waals surface area (Å²) < 4.78 is 8.01. The highest BCUT2D eigenvalue weighted by molar-refractivity contribution is 6.05. The third-order valence-corrected chi connectivity index (χ3v) is 5.83. The molecule has 4 rings (SSSR count). The standard InChI is InChI=1S/C25H28N6O5/c1-15-11-17(12-20(27-15)18-14-26-30(2)23(18)34)22(33)29-25-28-19-8-7-16(24(35)36-3)13-21(19)31(25)9-5-4-6-10-32/h7-8,11-14,32,34H,4-6,9-10H2,1-3H3,(H,28,29,33). The molecule has 3 aromatic heterocycles. The van der Waals surface area contributed by atoms with Crippen LogP contribution in [-0.4, -0.2) is 60.1 Å². The molecule has 0 saturated carbocycles. The number of aromatic hydroxyl groups is 1. The molecule has 0 atom stereocenters. The van der Waals surface area contributed by atoms with Gasteiger partial charge < -0.3 is 19.5 Å². The Hall–Kier alpha value is -4.25. The van der Waals surface area contributed by atoms with Crippen LogP contribution in [0.3, 0.4) is 0 Å². The first-order valence-corrected chi connectivity index (χ1v) is 11.5. The van der Waals surface area contributed by atoms with Gasteiger partial charge in [0.25, 0.3) is 5.91 Å². The number of nitrogens with zero attached hydrogens (tertiary/aromatic N) is 5. The smallest absolute Gasteiger partial charge is 0.337 e. The minimum absolute atomic E-state index is 0.0504. The van der Waals surface area contributed by atoms with E-state index < -0.39 is 11.9 Å². The molecule has 0 aliphatic carbocycles. The largest absolute Gasteiger partial charge is 0.493 e. The number of carbonyl (C=O) groups is 2. The molecule has 1 aromatic carbocycles. The van der Waals surface area contributed by atoms with Crippen molar-refractivity contribution in [3.05, 3.63) is 53.3 Å². The van der Waals surface area contributed by atoms with Crippen LogP contribution in [0.15, 0.2) is 36.5 Å². The molecule has 0 fully saturated rings. The average molecular weight is 493 g/mol. The maximum absolute atomic E-state index is 13.3. The van der Waals surface area contributed by atoms with E-state index in [4.69, 9.17) is 9.84 Å². The summed E-state index contributed by atoms with van der Waals surface area (Å²) in [5.41, 5.74) is 3.46. The van der Waals surface area contributed by atoms with Gasteiger partial charge in [0.2, 0.25) is 11.8 Å². The number of aliphatic hydroxyl groups is 1. The van der Waals surface area contributed by atoms with Crippen molar-refractivity contribution in [2.75, 3.05) is 19.0 Å². The molecule has 0 aliphatic rings. The molecule has 0 spiro atoms. The molecule has 0 unspecified atom stereocenters. The second kappa shape index (κ2) is 10.6. The van der Waals surface area contributed by atoms with Crippen molar-refractivity contribution in [1.82, 2.24) is 24.3 Å². The van der Waals surface area contributed by atoms with Crippen LogP contribution in [0.4, 0.5) is 5.95 Å². The number of methoxy groups -OCH3 is 1. The number of imidazole rings is 1. The van der Waals surface area contributed by atoms with Crippen LogP contribution in [0.5, 0.6) is 5.88 Å². The molecule has 0 aliphatic heterocycles. The zero-order valence-corrected chi connectivity index (χ0v) is 20.4. The highest BCUT2D eigenvalue weighted by Gasteiger charge is 2.19. The first kappa shape index (κ1) is 24.9. The molecule has 11 heteroatoms. The van der Waals surface area contributed by atoms with E-state index in [0.717, 1.165) is 12.8 Å². The Morgan fingerprint density at radius 2 is 1.89 bits per heavy atom. The number of hydrogen-bond acceptors (Lipinski definition) is 8. The third-order valence-electron chi connectivity index (χ3n) is 5.83. The lowest BCUT2D eigenvalue weighted by atomic mass is 10.1. The van der Waals surface area contributed by atoms with E-state index in [-0.39, 0.29) is 12.5 Å². The lowest BCUT2D eigenvalue weighted by molar-refractivity contribution is 0.0600. The Bertz CT molecular complexity index is 1420. The quantitative estimate of drug-likeness (QED) is 0.239. The molecule has 0 radical (unpaired) electrons. The highest BCUT2D eigenvalue weighted by Crippen LogP contribution is 2.28. The minimum Gasteiger partial charge on any atom is -0.493 e. The van der Waals surface area contributed by atoms with Crippen molar-refractivity contribution in [3.8, 4) is 17.1 Å². The molecular formula is C25H28N6O5. The maximum atomic E-state index is 13.3. The molecule has 36 heavy (non-hydrogen) atoms. The van der Waals surface area contributed by atoms with Gasteiger partial charge in [0, 0.05) is 31.5 Å². The van der Waals surface area contributed by atoms with Gasteiger partial charge >= 0.3 is 5.97 Å². The topological polar surface area (TPSA) is 144 Å². The summed E-state index contributed by atoms with van der Waals surface area (Å²) in [7, 11) is 2.93. The van der Waals surface area contributed by atoms with E-state index in [1.165, 1.54) is 18.0 Å². The predicted octanol–water partition coefficient (Wildman–Crippen LogP) is 3.05. The Labute approximate surface area is 207 Å². The summed E-state index contributed by atoms with van der Waals surface area (Å²) in [6.07, 6.45) is 3.70. The van der Waals surface area contributed by atoms with E-state index in [2.05, 4.69) is 20.4 Å². The van der Waals surface area contributed by atoms with Crippen LogP contribution >= 0.6 is 0 Å². The summed E-state index contributed by atoms with van der Waals surface area (Å²) in [6, 6.07) is 8.26. The van der Waals surface area contributed by atoms with Crippen molar-refractivity contribution in [1.29, 1.82) is 0 Å². The van der Waals surface area contributed by atoms with Gasteiger partial charge in [-0.15, -0.1) is 0 Å². The van der Waals surface area contributed by atoms with Crippen molar-refractivity contribution in [2.45, 2.75) is 32.7 Å². The number of fused-ring (bicyclic) bond motifs is 1. The molecule has 0 bridgehead atoms. The van der Waals surface area contributed by atoms with E-state index in [1.54, 1.807) is 44.3 Å². The molecule has 1 amide bonds.